The van der Waals surface area contributed by atoms with Crippen molar-refractivity contribution in [2.24, 2.45) is 5.41 Å². The summed E-state index contributed by atoms with van der Waals surface area (Å²) in [5.74, 6) is 0.588. The molecule has 1 atom stereocenters. The normalized spacial score (nSPS) is 21.3. The van der Waals surface area contributed by atoms with Crippen LogP contribution in [0.15, 0.2) is 4.60 Å². The Kier molecular flexibility index (Phi) is 6.05. The van der Waals surface area contributed by atoms with Gasteiger partial charge < -0.3 is 25.4 Å². The Morgan fingerprint density at radius 3 is 2.55 bits per heavy atom. The number of carbonyl (C=O) groups excluding carboxylic acids is 2. The highest BCUT2D eigenvalue weighted by molar-refractivity contribution is 9.10. The van der Waals surface area contributed by atoms with E-state index in [1.54, 1.807) is 0 Å². The average Bonchev–Trinajstić information content (AvgIpc) is 2.97. The fourth-order valence-electron chi connectivity index (χ4n) is 3.83. The molecule has 1 spiro atoms. The van der Waals surface area contributed by atoms with Gasteiger partial charge in [0.05, 0.1) is 19.3 Å². The summed E-state index contributed by atoms with van der Waals surface area (Å²) in [6.45, 7) is 9.33. The van der Waals surface area contributed by atoms with Crippen molar-refractivity contribution in [1.29, 1.82) is 0 Å². The number of rotatable bonds is 3. The number of nitrogens with one attached hydrogen (secondary N) is 1. The molecule has 29 heavy (non-hydrogen) atoms. The number of hydrogen-bond donors (Lipinski definition) is 2. The Hall–Kier alpha value is -1.94. The summed E-state index contributed by atoms with van der Waals surface area (Å²) >= 11 is 3.23. The average molecular weight is 470 g/mol. The zero-order valence-electron chi connectivity index (χ0n) is 17.2. The summed E-state index contributed by atoms with van der Waals surface area (Å²) < 4.78 is 11.5. The van der Waals surface area contributed by atoms with Gasteiger partial charge in [-0.15, -0.1) is 0 Å². The minimum atomic E-state index is -0.552. The van der Waals surface area contributed by atoms with Crippen molar-refractivity contribution in [2.45, 2.75) is 52.2 Å². The van der Waals surface area contributed by atoms with Crippen LogP contribution in [0.2, 0.25) is 0 Å². The maximum absolute atomic E-state index is 12.2. The van der Waals surface area contributed by atoms with Crippen LogP contribution < -0.4 is 16.0 Å². The number of nitrogens with zero attached hydrogens (tertiary/aromatic N) is 3. The molecule has 0 bridgehead atoms. The third-order valence-corrected chi connectivity index (χ3v) is 5.94. The first-order chi connectivity index (χ1) is 13.5. The highest BCUT2D eigenvalue weighted by Crippen LogP contribution is 2.41. The van der Waals surface area contributed by atoms with E-state index >= 15 is 0 Å². The molecule has 1 aromatic rings. The molecule has 2 aliphatic rings. The summed E-state index contributed by atoms with van der Waals surface area (Å²) in [6, 6.07) is -0.118. The quantitative estimate of drug-likeness (QED) is 0.647. The molecule has 1 amide bonds. The number of carbonyl (C=O) groups is 2. The number of ketones is 1. The number of halogens is 1. The molecule has 0 aliphatic carbocycles. The Labute approximate surface area is 178 Å². The molecule has 0 unspecified atom stereocenters. The van der Waals surface area contributed by atoms with E-state index in [0.29, 0.717) is 42.4 Å². The first-order valence-electron chi connectivity index (χ1n) is 9.67. The lowest BCUT2D eigenvalue weighted by atomic mass is 9.74. The highest BCUT2D eigenvalue weighted by atomic mass is 79.9. The topological polar surface area (TPSA) is 120 Å². The largest absolute Gasteiger partial charge is 0.444 e. The lowest BCUT2D eigenvalue weighted by Gasteiger charge is -2.42. The molecule has 9 nitrogen and oxygen atoms in total. The molecule has 0 aromatic carbocycles. The lowest BCUT2D eigenvalue weighted by Crippen LogP contribution is -2.53. The summed E-state index contributed by atoms with van der Waals surface area (Å²) in [4.78, 5) is 35.0. The van der Waals surface area contributed by atoms with Crippen molar-refractivity contribution in [3.8, 4) is 0 Å². The van der Waals surface area contributed by atoms with Gasteiger partial charge in [0.1, 0.15) is 15.9 Å². The number of piperidine rings is 1. The smallest absolute Gasteiger partial charge is 0.407 e. The van der Waals surface area contributed by atoms with Gasteiger partial charge in [-0.05, 0) is 49.5 Å². The molecule has 2 fully saturated rings. The van der Waals surface area contributed by atoms with E-state index < -0.39 is 11.7 Å². The predicted molar refractivity (Wildman–Crippen MR) is 112 cm³/mol. The van der Waals surface area contributed by atoms with Crippen LogP contribution in [0.4, 0.5) is 16.4 Å². The first-order valence-corrected chi connectivity index (χ1v) is 10.5. The Morgan fingerprint density at radius 2 is 1.97 bits per heavy atom. The van der Waals surface area contributed by atoms with E-state index in [-0.39, 0.29) is 23.1 Å². The molecule has 3 rings (SSSR count). The van der Waals surface area contributed by atoms with Crippen LogP contribution in [0.25, 0.3) is 0 Å². The molecule has 1 aromatic heterocycles. The van der Waals surface area contributed by atoms with Gasteiger partial charge in [-0.2, -0.15) is 0 Å². The zero-order valence-corrected chi connectivity index (χ0v) is 18.8. The van der Waals surface area contributed by atoms with Crippen LogP contribution in [0.3, 0.4) is 0 Å². The van der Waals surface area contributed by atoms with Gasteiger partial charge in [-0.25, -0.2) is 14.8 Å². The van der Waals surface area contributed by atoms with E-state index in [2.05, 4.69) is 31.2 Å². The van der Waals surface area contributed by atoms with Crippen molar-refractivity contribution in [3.05, 3.63) is 10.3 Å². The number of nitrogen functional groups attached to an aromatic ring is 1. The number of nitrogens with two attached hydrogens (primary N) is 1. The predicted octanol–water partition coefficient (Wildman–Crippen LogP) is 2.53. The highest BCUT2D eigenvalue weighted by Gasteiger charge is 2.47. The summed E-state index contributed by atoms with van der Waals surface area (Å²) in [7, 11) is 0. The van der Waals surface area contributed by atoms with E-state index in [0.717, 1.165) is 12.8 Å². The summed E-state index contributed by atoms with van der Waals surface area (Å²) in [6.07, 6.45) is 1.13. The molecule has 3 N–H and O–H groups in total. The van der Waals surface area contributed by atoms with Gasteiger partial charge in [-0.1, -0.05) is 0 Å². The maximum atomic E-state index is 12.2. The molecule has 0 saturated carbocycles. The SMILES string of the molecule is CC(=O)c1nc(Br)c(N)nc1N1CCC2(CC1)COC[C@H]2NC(=O)OC(C)(C)C. The maximum Gasteiger partial charge on any atom is 0.407 e. The van der Waals surface area contributed by atoms with Crippen LogP contribution in [0.5, 0.6) is 0 Å². The second-order valence-corrected chi connectivity index (χ2v) is 9.44. The van der Waals surface area contributed by atoms with Crippen molar-refractivity contribution < 1.29 is 19.1 Å². The van der Waals surface area contributed by atoms with Gasteiger partial charge in [0.2, 0.25) is 0 Å². The zero-order chi connectivity index (χ0) is 21.4. The van der Waals surface area contributed by atoms with Gasteiger partial charge in [0, 0.05) is 25.4 Å². The third kappa shape index (κ3) is 4.80. The van der Waals surface area contributed by atoms with E-state index in [9.17, 15) is 9.59 Å². The second kappa shape index (κ2) is 8.06. The number of ether oxygens (including phenoxy) is 2. The number of Topliss-reactive ketones (excluding diaryl/α,β-unsaturated/α-hetero) is 1. The van der Waals surface area contributed by atoms with E-state index in [4.69, 9.17) is 15.2 Å². The number of aromatic nitrogens is 2. The minimum absolute atomic E-state index is 0.118. The number of hydrogen-bond acceptors (Lipinski definition) is 8. The molecule has 0 radical (unpaired) electrons. The van der Waals surface area contributed by atoms with Gasteiger partial charge in [0.25, 0.3) is 0 Å². The third-order valence-electron chi connectivity index (χ3n) is 5.36. The Morgan fingerprint density at radius 1 is 1.31 bits per heavy atom. The van der Waals surface area contributed by atoms with Crippen LogP contribution >= 0.6 is 15.9 Å². The van der Waals surface area contributed by atoms with E-state index in [1.807, 2.05) is 25.7 Å². The standard InChI is InChI=1S/C19H28BrN5O4/c1-11(26)13-16(24-15(21)14(20)23-13)25-7-5-19(6-8-25)10-28-9-12(19)22-17(27)29-18(2,3)4/h12H,5-10H2,1-4H3,(H2,21,24)(H,22,27)/t12-/m1/s1. The summed E-state index contributed by atoms with van der Waals surface area (Å²) in [5, 5.41) is 2.98. The summed E-state index contributed by atoms with van der Waals surface area (Å²) in [5.41, 5.74) is 5.48. The van der Waals surface area contributed by atoms with Crippen molar-refractivity contribution in [2.75, 3.05) is 36.9 Å². The van der Waals surface area contributed by atoms with Gasteiger partial charge >= 0.3 is 6.09 Å². The molecule has 10 heteroatoms. The molecular formula is C19H28BrN5O4. The number of anilines is 2. The van der Waals surface area contributed by atoms with Crippen molar-refractivity contribution in [1.82, 2.24) is 15.3 Å². The monoisotopic (exact) mass is 469 g/mol. The van der Waals surface area contributed by atoms with Gasteiger partial charge in [-0.3, -0.25) is 4.79 Å². The van der Waals surface area contributed by atoms with Gasteiger partial charge in [0.15, 0.2) is 17.4 Å². The fraction of sp³-hybridized carbons (Fsp3) is 0.684. The molecule has 2 aliphatic heterocycles. The number of amides is 1. The molecular weight excluding hydrogens is 442 g/mol. The molecule has 3 heterocycles. The Bertz CT molecular complexity index is 803. The van der Waals surface area contributed by atoms with Crippen LogP contribution in [0, 0.1) is 5.41 Å². The van der Waals surface area contributed by atoms with Crippen molar-refractivity contribution in [3.63, 3.8) is 0 Å². The van der Waals surface area contributed by atoms with Crippen LogP contribution in [-0.2, 0) is 9.47 Å². The van der Waals surface area contributed by atoms with Crippen LogP contribution in [0.1, 0.15) is 51.0 Å². The van der Waals surface area contributed by atoms with E-state index in [1.165, 1.54) is 6.92 Å². The van der Waals surface area contributed by atoms with Crippen LogP contribution in [-0.4, -0.2) is 59.8 Å². The molecule has 160 valence electrons. The van der Waals surface area contributed by atoms with Crippen molar-refractivity contribution >= 4 is 39.4 Å². The molecule has 2 saturated heterocycles. The number of alkyl carbamates (subject to hydrolysis) is 1. The fourth-order valence-corrected chi connectivity index (χ4v) is 4.10. The second-order valence-electron chi connectivity index (χ2n) is 8.69. The lowest BCUT2D eigenvalue weighted by molar-refractivity contribution is 0.0455. The minimum Gasteiger partial charge on any atom is -0.444 e. The first kappa shape index (κ1) is 21.8. The Balaban J connectivity index is 1.72.